The number of nitrogens with zero attached hydrogens (tertiary/aromatic N) is 6. The number of carbonyl (C=O) groups excluding carboxylic acids is 3. The van der Waals surface area contributed by atoms with Crippen molar-refractivity contribution in [3.8, 4) is 12.1 Å². The molecule has 230 valence electrons. The number of benzene rings is 2. The van der Waals surface area contributed by atoms with Gasteiger partial charge in [0.2, 0.25) is 23.7 Å². The van der Waals surface area contributed by atoms with E-state index in [-0.39, 0.29) is 59.2 Å². The van der Waals surface area contributed by atoms with Crippen LogP contribution in [0.5, 0.6) is 0 Å². The smallest absolute Gasteiger partial charge is 0.251 e. The number of halogens is 4. The van der Waals surface area contributed by atoms with Crippen LogP contribution >= 0.6 is 11.6 Å². The standard InChI is InChI=1S/C31H25ClF3N7O3/c32-24-4-2-1-3-23(24)27(28(44)39-20-7-10-31(34,35)11-8-20)41(22-14-18(16-36)13-19(33)15-22)29(45)25-5-6-26(43)42(25)30-38-12-9-21(17-37)40-30/h1-4,9,12-15,20,25,27H,5-8,10-11H2,(H,39,44)/t25-,27?/m0/s1. The second-order valence-corrected chi connectivity index (χ2v) is 11.2. The van der Waals surface area contributed by atoms with Crippen LogP contribution in [-0.4, -0.2) is 45.7 Å². The van der Waals surface area contributed by atoms with Gasteiger partial charge in [-0.05, 0) is 49.6 Å². The first-order valence-electron chi connectivity index (χ1n) is 14.0. The number of amides is 3. The minimum Gasteiger partial charge on any atom is -0.351 e. The van der Waals surface area contributed by atoms with Gasteiger partial charge in [0.05, 0.1) is 11.6 Å². The minimum absolute atomic E-state index is 0.0159. The third-order valence-electron chi connectivity index (χ3n) is 7.77. The molecule has 1 saturated carbocycles. The molecular formula is C31H25ClF3N7O3. The van der Waals surface area contributed by atoms with Crippen LogP contribution in [-0.2, 0) is 14.4 Å². The molecule has 3 amide bonds. The topological polar surface area (TPSA) is 143 Å². The first kappa shape index (κ1) is 31.4. The highest BCUT2D eigenvalue weighted by Crippen LogP contribution is 2.38. The van der Waals surface area contributed by atoms with E-state index in [4.69, 9.17) is 11.6 Å². The second-order valence-electron chi connectivity index (χ2n) is 10.8. The van der Waals surface area contributed by atoms with E-state index in [9.17, 15) is 38.1 Å². The molecule has 14 heteroatoms. The fourth-order valence-electron chi connectivity index (χ4n) is 5.60. The minimum atomic E-state index is -2.86. The van der Waals surface area contributed by atoms with Crippen molar-refractivity contribution < 1.29 is 27.6 Å². The summed E-state index contributed by atoms with van der Waals surface area (Å²) in [4.78, 5) is 52.0. The molecule has 0 bridgehead atoms. The van der Waals surface area contributed by atoms with Gasteiger partial charge >= 0.3 is 0 Å². The van der Waals surface area contributed by atoms with E-state index in [2.05, 4.69) is 15.3 Å². The summed E-state index contributed by atoms with van der Waals surface area (Å²) in [6, 6.07) is 10.8. The molecule has 1 aliphatic heterocycles. The molecule has 0 spiro atoms. The van der Waals surface area contributed by atoms with Crippen molar-refractivity contribution in [1.82, 2.24) is 15.3 Å². The van der Waals surface area contributed by atoms with Crippen LogP contribution in [0, 0.1) is 28.5 Å². The summed E-state index contributed by atoms with van der Waals surface area (Å²) in [6.07, 6.45) is 0.210. The van der Waals surface area contributed by atoms with Crippen LogP contribution in [0.25, 0.3) is 0 Å². The highest BCUT2D eigenvalue weighted by Gasteiger charge is 2.45. The number of carbonyl (C=O) groups is 3. The molecule has 10 nitrogen and oxygen atoms in total. The fourth-order valence-corrected chi connectivity index (χ4v) is 5.84. The first-order valence-corrected chi connectivity index (χ1v) is 14.4. The molecule has 2 aliphatic rings. The van der Waals surface area contributed by atoms with E-state index >= 15 is 0 Å². The van der Waals surface area contributed by atoms with Gasteiger partial charge in [0.1, 0.15) is 29.7 Å². The van der Waals surface area contributed by atoms with Crippen molar-refractivity contribution in [3.63, 3.8) is 0 Å². The summed E-state index contributed by atoms with van der Waals surface area (Å²) in [5, 5.41) is 21.8. The zero-order chi connectivity index (χ0) is 32.3. The zero-order valence-electron chi connectivity index (χ0n) is 23.6. The summed E-state index contributed by atoms with van der Waals surface area (Å²) in [6.45, 7) is 0. The third kappa shape index (κ3) is 6.74. The number of nitriles is 2. The van der Waals surface area contributed by atoms with Crippen molar-refractivity contribution in [2.75, 3.05) is 9.80 Å². The summed E-state index contributed by atoms with van der Waals surface area (Å²) in [5.74, 6) is -6.11. The normalized spacial score (nSPS) is 18.5. The van der Waals surface area contributed by atoms with Crippen molar-refractivity contribution in [3.05, 3.63) is 82.4 Å². The number of rotatable bonds is 7. The molecule has 1 aliphatic carbocycles. The lowest BCUT2D eigenvalue weighted by Crippen LogP contribution is -2.53. The van der Waals surface area contributed by atoms with E-state index in [1.54, 1.807) is 12.1 Å². The average Bonchev–Trinajstić information content (AvgIpc) is 3.41. The Hall–Kier alpha value is -5.01. The highest BCUT2D eigenvalue weighted by atomic mass is 35.5. The van der Waals surface area contributed by atoms with Crippen molar-refractivity contribution in [2.24, 2.45) is 0 Å². The molecule has 2 aromatic carbocycles. The van der Waals surface area contributed by atoms with Gasteiger partial charge in [0.25, 0.3) is 5.91 Å². The Balaban J connectivity index is 1.64. The Kier molecular flexibility index (Phi) is 9.02. The lowest BCUT2D eigenvalue weighted by molar-refractivity contribution is -0.128. The predicted molar refractivity (Wildman–Crippen MR) is 155 cm³/mol. The maximum atomic E-state index is 14.9. The third-order valence-corrected chi connectivity index (χ3v) is 8.11. The molecule has 2 fully saturated rings. The van der Waals surface area contributed by atoms with Gasteiger partial charge in [-0.1, -0.05) is 29.8 Å². The maximum Gasteiger partial charge on any atom is 0.251 e. The van der Waals surface area contributed by atoms with Crippen LogP contribution in [0.2, 0.25) is 5.02 Å². The van der Waals surface area contributed by atoms with E-state index in [1.165, 1.54) is 30.5 Å². The molecule has 1 aromatic heterocycles. The molecule has 1 unspecified atom stereocenters. The van der Waals surface area contributed by atoms with Gasteiger partial charge in [-0.2, -0.15) is 10.5 Å². The monoisotopic (exact) mass is 635 g/mol. The molecule has 2 atom stereocenters. The van der Waals surface area contributed by atoms with Crippen LogP contribution in [0.1, 0.15) is 61.4 Å². The Morgan fingerprint density at radius 2 is 1.82 bits per heavy atom. The summed E-state index contributed by atoms with van der Waals surface area (Å²) >= 11 is 6.55. The maximum absolute atomic E-state index is 14.9. The summed E-state index contributed by atoms with van der Waals surface area (Å²) in [7, 11) is 0. The number of alkyl halides is 2. The van der Waals surface area contributed by atoms with Gasteiger partial charge in [0, 0.05) is 47.8 Å². The Bertz CT molecular complexity index is 1730. The number of aromatic nitrogens is 2. The van der Waals surface area contributed by atoms with Crippen molar-refractivity contribution >= 4 is 41.0 Å². The molecule has 45 heavy (non-hydrogen) atoms. The van der Waals surface area contributed by atoms with Gasteiger partial charge in [0.15, 0.2) is 0 Å². The number of nitrogens with one attached hydrogen (secondary N) is 1. The number of hydrogen-bond donors (Lipinski definition) is 1. The summed E-state index contributed by atoms with van der Waals surface area (Å²) < 4.78 is 42.7. The van der Waals surface area contributed by atoms with Crippen LogP contribution in [0.15, 0.2) is 54.7 Å². The zero-order valence-corrected chi connectivity index (χ0v) is 24.3. The van der Waals surface area contributed by atoms with E-state index in [1.807, 2.05) is 12.1 Å². The fraction of sp³-hybridized carbons (Fsp3) is 0.323. The largest absolute Gasteiger partial charge is 0.351 e. The molecule has 2 heterocycles. The highest BCUT2D eigenvalue weighted by molar-refractivity contribution is 6.31. The molecule has 5 rings (SSSR count). The van der Waals surface area contributed by atoms with Crippen molar-refractivity contribution in [2.45, 2.75) is 62.6 Å². The van der Waals surface area contributed by atoms with Crippen LogP contribution < -0.4 is 15.1 Å². The molecule has 0 radical (unpaired) electrons. The van der Waals surface area contributed by atoms with Gasteiger partial charge in [-0.3, -0.25) is 24.2 Å². The SMILES string of the molecule is N#Cc1cc(F)cc(N(C(=O)[C@@H]2CCC(=O)N2c2nccc(C#N)n2)C(C(=O)NC2CCC(F)(F)CC2)c2ccccc2Cl)c1. The van der Waals surface area contributed by atoms with E-state index < -0.39 is 60.4 Å². The quantitative estimate of drug-likeness (QED) is 0.386. The first-order chi connectivity index (χ1) is 21.5. The van der Waals surface area contributed by atoms with Gasteiger partial charge < -0.3 is 5.32 Å². The number of hydrogen-bond acceptors (Lipinski definition) is 7. The Morgan fingerprint density at radius 1 is 1.09 bits per heavy atom. The van der Waals surface area contributed by atoms with Crippen molar-refractivity contribution in [1.29, 1.82) is 10.5 Å². The molecule has 3 aromatic rings. The molecular weight excluding hydrogens is 611 g/mol. The molecule has 1 saturated heterocycles. The van der Waals surface area contributed by atoms with E-state index in [0.717, 1.165) is 21.9 Å². The Morgan fingerprint density at radius 3 is 2.51 bits per heavy atom. The second kappa shape index (κ2) is 12.9. The van der Waals surface area contributed by atoms with Crippen LogP contribution in [0.4, 0.5) is 24.8 Å². The van der Waals surface area contributed by atoms with Gasteiger partial charge in [-0.25, -0.2) is 23.1 Å². The van der Waals surface area contributed by atoms with E-state index in [0.29, 0.717) is 0 Å². The van der Waals surface area contributed by atoms with Crippen LogP contribution in [0.3, 0.4) is 0 Å². The number of anilines is 2. The van der Waals surface area contributed by atoms with Gasteiger partial charge in [-0.15, -0.1) is 0 Å². The molecule has 1 N–H and O–H groups in total. The average molecular weight is 636 g/mol. The predicted octanol–water partition coefficient (Wildman–Crippen LogP) is 4.98. The lowest BCUT2D eigenvalue weighted by Gasteiger charge is -2.37. The Labute approximate surface area is 261 Å². The lowest BCUT2D eigenvalue weighted by atomic mass is 9.91. The summed E-state index contributed by atoms with van der Waals surface area (Å²) in [5.41, 5.74) is -0.261.